The number of nitrogens with one attached hydrogen (secondary N) is 2. The molecule has 1 aliphatic carbocycles. The van der Waals surface area contributed by atoms with Crippen molar-refractivity contribution in [2.45, 2.75) is 37.8 Å². The zero-order valence-corrected chi connectivity index (χ0v) is 15.1. The van der Waals surface area contributed by atoms with E-state index in [0.29, 0.717) is 17.6 Å². The molecule has 2 fully saturated rings. The molecule has 1 aliphatic heterocycles. The highest BCUT2D eigenvalue weighted by Gasteiger charge is 2.25. The summed E-state index contributed by atoms with van der Waals surface area (Å²) >= 11 is 0. The van der Waals surface area contributed by atoms with Crippen molar-refractivity contribution in [1.29, 1.82) is 0 Å². The highest BCUT2D eigenvalue weighted by Crippen LogP contribution is 2.25. The van der Waals surface area contributed by atoms with Crippen molar-refractivity contribution in [2.75, 3.05) is 25.0 Å². The van der Waals surface area contributed by atoms with Crippen LogP contribution in [0.2, 0.25) is 0 Å². The first-order valence-electron chi connectivity index (χ1n) is 9.53. The summed E-state index contributed by atoms with van der Waals surface area (Å²) in [5.41, 5.74) is 1.58. The van der Waals surface area contributed by atoms with E-state index in [0.717, 1.165) is 62.0 Å². The van der Waals surface area contributed by atoms with Crippen LogP contribution < -0.4 is 10.6 Å². The van der Waals surface area contributed by atoms with Crippen molar-refractivity contribution in [1.82, 2.24) is 15.2 Å². The minimum absolute atomic E-state index is 0.00922. The van der Waals surface area contributed by atoms with Crippen LogP contribution in [0.3, 0.4) is 0 Å². The maximum atomic E-state index is 12.7. The van der Waals surface area contributed by atoms with Gasteiger partial charge in [0.15, 0.2) is 0 Å². The number of likely N-dealkylation sites (tertiary alicyclic amines) is 1. The quantitative estimate of drug-likeness (QED) is 0.786. The lowest BCUT2D eigenvalue weighted by molar-refractivity contribution is 0.0952. The van der Waals surface area contributed by atoms with E-state index in [1.807, 2.05) is 36.4 Å². The van der Waals surface area contributed by atoms with Crippen LogP contribution in [0.25, 0.3) is 10.9 Å². The third kappa shape index (κ3) is 3.88. The SMILES string of the molecule is C=CCN1CCC(Nc2cc(C(=O)NC3CC3)c3ccccc3n2)CC1. The molecule has 0 spiro atoms. The van der Waals surface area contributed by atoms with Crippen molar-refractivity contribution >= 4 is 22.6 Å². The number of piperidine rings is 1. The molecular formula is C21H26N4O. The zero-order valence-electron chi connectivity index (χ0n) is 15.1. The van der Waals surface area contributed by atoms with Crippen LogP contribution in [0.1, 0.15) is 36.0 Å². The van der Waals surface area contributed by atoms with Gasteiger partial charge in [-0.1, -0.05) is 24.3 Å². The molecule has 1 aromatic carbocycles. The third-order valence-electron chi connectivity index (χ3n) is 5.20. The summed E-state index contributed by atoms with van der Waals surface area (Å²) in [4.78, 5) is 19.8. The van der Waals surface area contributed by atoms with Gasteiger partial charge in [-0.2, -0.15) is 0 Å². The fourth-order valence-electron chi connectivity index (χ4n) is 3.58. The van der Waals surface area contributed by atoms with E-state index in [4.69, 9.17) is 4.98 Å². The van der Waals surface area contributed by atoms with Crippen molar-refractivity contribution in [3.05, 3.63) is 48.6 Å². The second kappa shape index (κ2) is 7.46. The summed E-state index contributed by atoms with van der Waals surface area (Å²) in [6.07, 6.45) is 6.29. The molecule has 0 atom stereocenters. The van der Waals surface area contributed by atoms with Gasteiger partial charge in [-0.25, -0.2) is 4.98 Å². The molecule has 1 saturated heterocycles. The maximum Gasteiger partial charge on any atom is 0.252 e. The van der Waals surface area contributed by atoms with Gasteiger partial charge in [-0.05, 0) is 37.8 Å². The molecule has 1 saturated carbocycles. The Morgan fingerprint density at radius 1 is 1.19 bits per heavy atom. The number of amides is 1. The average molecular weight is 350 g/mol. The largest absolute Gasteiger partial charge is 0.367 e. The first kappa shape index (κ1) is 17.0. The van der Waals surface area contributed by atoms with Crippen molar-refractivity contribution in [3.8, 4) is 0 Å². The fraction of sp³-hybridized carbons (Fsp3) is 0.429. The molecule has 5 heteroatoms. The molecule has 0 unspecified atom stereocenters. The molecule has 5 nitrogen and oxygen atoms in total. The highest BCUT2D eigenvalue weighted by molar-refractivity contribution is 6.07. The second-order valence-electron chi connectivity index (χ2n) is 7.33. The predicted octanol–water partition coefficient (Wildman–Crippen LogP) is 3.19. The van der Waals surface area contributed by atoms with Crippen molar-refractivity contribution < 1.29 is 4.79 Å². The number of aromatic nitrogens is 1. The lowest BCUT2D eigenvalue weighted by atomic mass is 10.0. The average Bonchev–Trinajstić information content (AvgIpc) is 3.47. The van der Waals surface area contributed by atoms with E-state index in [2.05, 4.69) is 22.1 Å². The van der Waals surface area contributed by atoms with Gasteiger partial charge in [-0.3, -0.25) is 9.69 Å². The Bertz CT molecular complexity index is 807. The smallest absolute Gasteiger partial charge is 0.252 e. The van der Waals surface area contributed by atoms with E-state index in [-0.39, 0.29) is 5.91 Å². The van der Waals surface area contributed by atoms with E-state index < -0.39 is 0 Å². The highest BCUT2D eigenvalue weighted by atomic mass is 16.1. The minimum Gasteiger partial charge on any atom is -0.367 e. The molecule has 1 amide bonds. The topological polar surface area (TPSA) is 57.3 Å². The van der Waals surface area contributed by atoms with E-state index in [1.54, 1.807) is 0 Å². The number of rotatable bonds is 6. The van der Waals surface area contributed by atoms with Crippen molar-refractivity contribution in [3.63, 3.8) is 0 Å². The van der Waals surface area contributed by atoms with Gasteiger partial charge in [-0.15, -0.1) is 6.58 Å². The van der Waals surface area contributed by atoms with Gasteiger partial charge in [0.1, 0.15) is 5.82 Å². The Labute approximate surface area is 154 Å². The van der Waals surface area contributed by atoms with Crippen LogP contribution in [0, 0.1) is 0 Å². The Hall–Kier alpha value is -2.40. The molecule has 2 aromatic rings. The van der Waals surface area contributed by atoms with Gasteiger partial charge < -0.3 is 10.6 Å². The van der Waals surface area contributed by atoms with Crippen LogP contribution >= 0.6 is 0 Å². The molecule has 26 heavy (non-hydrogen) atoms. The van der Waals surface area contributed by atoms with Crippen LogP contribution in [0.5, 0.6) is 0 Å². The molecule has 4 rings (SSSR count). The molecular weight excluding hydrogens is 324 g/mol. The maximum absolute atomic E-state index is 12.7. The number of pyridine rings is 1. The first-order chi connectivity index (χ1) is 12.7. The van der Waals surface area contributed by atoms with E-state index >= 15 is 0 Å². The Kier molecular flexibility index (Phi) is 4.89. The Morgan fingerprint density at radius 3 is 2.69 bits per heavy atom. The van der Waals surface area contributed by atoms with Crippen LogP contribution in [0.15, 0.2) is 43.0 Å². The summed E-state index contributed by atoms with van der Waals surface area (Å²) in [5, 5.41) is 7.57. The van der Waals surface area contributed by atoms with Crippen molar-refractivity contribution in [2.24, 2.45) is 0 Å². The number of anilines is 1. The van der Waals surface area contributed by atoms with Crippen LogP contribution in [-0.2, 0) is 0 Å². The monoisotopic (exact) mass is 350 g/mol. The number of carbonyl (C=O) groups excluding carboxylic acids is 1. The van der Waals surface area contributed by atoms with Gasteiger partial charge in [0, 0.05) is 37.1 Å². The summed E-state index contributed by atoms with van der Waals surface area (Å²) in [6.45, 7) is 6.89. The normalized spacial score (nSPS) is 18.6. The van der Waals surface area contributed by atoms with Crippen LogP contribution in [-0.4, -0.2) is 47.5 Å². The fourth-order valence-corrected chi connectivity index (χ4v) is 3.58. The standard InChI is InChI=1S/C21H26N4O/c1-2-11-25-12-9-16(10-13-25)22-20-14-18(21(26)23-15-7-8-15)17-5-3-4-6-19(17)24-20/h2-6,14-16H,1,7-13H2,(H,22,24)(H,23,26). The summed E-state index contributed by atoms with van der Waals surface area (Å²) in [7, 11) is 0. The van der Waals surface area contributed by atoms with E-state index in [1.165, 1.54) is 0 Å². The molecule has 0 radical (unpaired) electrons. The number of fused-ring (bicyclic) bond motifs is 1. The van der Waals surface area contributed by atoms with Gasteiger partial charge >= 0.3 is 0 Å². The van der Waals surface area contributed by atoms with Crippen LogP contribution in [0.4, 0.5) is 5.82 Å². The Morgan fingerprint density at radius 2 is 1.96 bits per heavy atom. The molecule has 2 N–H and O–H groups in total. The molecule has 2 aliphatic rings. The minimum atomic E-state index is 0.00922. The lowest BCUT2D eigenvalue weighted by Gasteiger charge is -2.31. The third-order valence-corrected chi connectivity index (χ3v) is 5.20. The number of nitrogens with zero attached hydrogens (tertiary/aromatic N) is 2. The first-order valence-corrected chi connectivity index (χ1v) is 9.53. The molecule has 136 valence electrons. The molecule has 1 aromatic heterocycles. The lowest BCUT2D eigenvalue weighted by Crippen LogP contribution is -2.39. The summed E-state index contributed by atoms with van der Waals surface area (Å²) in [6, 6.07) is 10.5. The number of carbonyl (C=O) groups is 1. The number of para-hydroxylation sites is 1. The van der Waals surface area contributed by atoms with E-state index in [9.17, 15) is 4.79 Å². The predicted molar refractivity (Wildman–Crippen MR) is 106 cm³/mol. The summed E-state index contributed by atoms with van der Waals surface area (Å²) in [5.74, 6) is 0.807. The van der Waals surface area contributed by atoms with Gasteiger partial charge in [0.25, 0.3) is 5.91 Å². The molecule has 2 heterocycles. The molecule has 0 bridgehead atoms. The number of hydrogen-bond acceptors (Lipinski definition) is 4. The van der Waals surface area contributed by atoms with Gasteiger partial charge in [0.2, 0.25) is 0 Å². The zero-order chi connectivity index (χ0) is 17.9. The number of hydrogen-bond donors (Lipinski definition) is 2. The van der Waals surface area contributed by atoms with Gasteiger partial charge in [0.05, 0.1) is 11.1 Å². The Balaban J connectivity index is 1.53. The second-order valence-corrected chi connectivity index (χ2v) is 7.33. The number of benzene rings is 1. The summed E-state index contributed by atoms with van der Waals surface area (Å²) < 4.78 is 0.